The molecule has 0 aliphatic heterocycles. The van der Waals surface area contributed by atoms with Gasteiger partial charge in [-0.1, -0.05) is 159 Å². The molecule has 0 fully saturated rings. The van der Waals surface area contributed by atoms with Crippen molar-refractivity contribution in [3.05, 3.63) is 246 Å². The van der Waals surface area contributed by atoms with Gasteiger partial charge in [0.25, 0.3) is 0 Å². The lowest BCUT2D eigenvalue weighted by Gasteiger charge is -2.45. The molecule has 5 aromatic carbocycles. The van der Waals surface area contributed by atoms with Crippen LogP contribution in [-0.4, -0.2) is 9.97 Å². The zero-order valence-electron chi connectivity index (χ0n) is 32.0. The summed E-state index contributed by atoms with van der Waals surface area (Å²) in [7, 11) is 0. The number of benzene rings is 5. The van der Waals surface area contributed by atoms with E-state index in [2.05, 4.69) is 193 Å². The van der Waals surface area contributed by atoms with E-state index >= 15 is 0 Å². The second-order valence-corrected chi connectivity index (χ2v) is 15.5. The van der Waals surface area contributed by atoms with E-state index in [1.807, 2.05) is 30.6 Å². The average Bonchev–Trinajstić information content (AvgIpc) is 3.29. The molecule has 2 heterocycles. The van der Waals surface area contributed by atoms with Crippen molar-refractivity contribution in [3.63, 3.8) is 0 Å². The Morgan fingerprint density at radius 1 is 0.491 bits per heavy atom. The highest BCUT2D eigenvalue weighted by atomic mass is 14.7. The number of hydrogen-bond donors (Lipinski definition) is 0. The minimum atomic E-state index is -0.382. The minimum Gasteiger partial charge on any atom is -0.256 e. The monoisotopic (exact) mass is 730 g/mol. The maximum absolute atomic E-state index is 4.65. The smallest absolute Gasteiger partial charge is 0.0701 e. The van der Waals surface area contributed by atoms with E-state index in [1.54, 1.807) is 0 Å². The van der Waals surface area contributed by atoms with Crippen molar-refractivity contribution < 1.29 is 0 Å². The van der Waals surface area contributed by atoms with Crippen molar-refractivity contribution in [3.8, 4) is 33.6 Å². The number of rotatable bonds is 7. The SMILES string of the molecule is CC12C=C(c3cc(C4=CCCC=C4)cc(-c4ccccc4)c3)C=CC1=C(c1ccc(-c3ccccn3)cc1)c1ccccc1C2c1ccc(-c2ccccn2)cc1. The van der Waals surface area contributed by atoms with Crippen molar-refractivity contribution in [1.29, 1.82) is 0 Å². The molecule has 2 nitrogen and oxygen atoms in total. The molecular formula is C55H42N2. The second kappa shape index (κ2) is 14.6. The number of aromatic nitrogens is 2. The van der Waals surface area contributed by atoms with Crippen molar-refractivity contribution in [2.45, 2.75) is 25.7 Å². The Kier molecular flexibility index (Phi) is 8.88. The van der Waals surface area contributed by atoms with E-state index in [9.17, 15) is 0 Å². The van der Waals surface area contributed by atoms with Gasteiger partial charge < -0.3 is 0 Å². The summed E-state index contributed by atoms with van der Waals surface area (Å²) in [6.07, 6.45) is 20.2. The zero-order valence-corrected chi connectivity index (χ0v) is 32.0. The fraction of sp³-hybridized carbons (Fsp3) is 0.0909. The second-order valence-electron chi connectivity index (χ2n) is 15.5. The van der Waals surface area contributed by atoms with Crippen molar-refractivity contribution in [1.82, 2.24) is 9.97 Å². The molecule has 0 saturated carbocycles. The van der Waals surface area contributed by atoms with E-state index in [0.717, 1.165) is 35.4 Å². The lowest BCUT2D eigenvalue weighted by molar-refractivity contribution is 0.450. The highest BCUT2D eigenvalue weighted by molar-refractivity contribution is 5.93. The van der Waals surface area contributed by atoms with Crippen LogP contribution in [0.25, 0.3) is 50.4 Å². The average molecular weight is 731 g/mol. The Balaban J connectivity index is 1.17. The molecule has 10 rings (SSSR count). The first kappa shape index (κ1) is 34.6. The van der Waals surface area contributed by atoms with Crippen LogP contribution in [-0.2, 0) is 0 Å². The highest BCUT2D eigenvalue weighted by Gasteiger charge is 2.45. The standard InChI is InChI=1S/C55H42N2/c1-55-37-44(47-35-45(38-14-4-2-5-15-38)34-46(36-47)39-16-6-3-7-17-39)30-31-50(55)53(42-26-22-40(23-27-42)51-20-10-12-32-56-51)48-18-8-9-19-49(48)54(55)43-28-24-41(25-29-43)52-21-11-13-33-57-52/h2,4-6,8-37,54H,3,7H2,1H3. The molecule has 0 bridgehead atoms. The van der Waals surface area contributed by atoms with Crippen LogP contribution in [0.3, 0.4) is 0 Å². The van der Waals surface area contributed by atoms with Crippen LogP contribution in [0.15, 0.2) is 212 Å². The third kappa shape index (κ3) is 6.44. The highest BCUT2D eigenvalue weighted by Crippen LogP contribution is 2.58. The van der Waals surface area contributed by atoms with Crippen LogP contribution in [0.1, 0.15) is 59.1 Å². The van der Waals surface area contributed by atoms with Crippen LogP contribution >= 0.6 is 0 Å². The molecule has 0 spiro atoms. The quantitative estimate of drug-likeness (QED) is 0.163. The van der Waals surface area contributed by atoms with Crippen LogP contribution in [0, 0.1) is 5.41 Å². The van der Waals surface area contributed by atoms with E-state index in [0.29, 0.717) is 0 Å². The summed E-state index contributed by atoms with van der Waals surface area (Å²) in [6.45, 7) is 2.45. The van der Waals surface area contributed by atoms with E-state index in [-0.39, 0.29) is 11.3 Å². The van der Waals surface area contributed by atoms with Crippen LogP contribution in [0.2, 0.25) is 0 Å². The zero-order chi connectivity index (χ0) is 38.2. The lowest BCUT2D eigenvalue weighted by Crippen LogP contribution is -2.33. The van der Waals surface area contributed by atoms with Gasteiger partial charge in [0.1, 0.15) is 0 Å². The summed E-state index contributed by atoms with van der Waals surface area (Å²) in [6, 6.07) is 57.3. The minimum absolute atomic E-state index is 0.0683. The molecule has 272 valence electrons. The third-order valence-electron chi connectivity index (χ3n) is 11.9. The molecule has 2 aromatic heterocycles. The van der Waals surface area contributed by atoms with E-state index in [1.165, 1.54) is 66.8 Å². The Bertz CT molecular complexity index is 2750. The van der Waals surface area contributed by atoms with Crippen molar-refractivity contribution in [2.24, 2.45) is 5.41 Å². The van der Waals surface area contributed by atoms with Crippen molar-refractivity contribution in [2.75, 3.05) is 0 Å². The van der Waals surface area contributed by atoms with Crippen LogP contribution < -0.4 is 0 Å². The summed E-state index contributed by atoms with van der Waals surface area (Å²) in [5, 5.41) is 0. The van der Waals surface area contributed by atoms with Gasteiger partial charge in [-0.15, -0.1) is 0 Å². The summed E-state index contributed by atoms with van der Waals surface area (Å²) in [5.41, 5.74) is 19.0. The number of pyridine rings is 2. The van der Waals surface area contributed by atoms with Gasteiger partial charge in [0, 0.05) is 34.9 Å². The molecule has 3 aliphatic carbocycles. The van der Waals surface area contributed by atoms with Crippen molar-refractivity contribution >= 4 is 16.7 Å². The summed E-state index contributed by atoms with van der Waals surface area (Å²) in [4.78, 5) is 9.28. The first-order valence-electron chi connectivity index (χ1n) is 20.0. The molecule has 0 amide bonds. The molecule has 7 aromatic rings. The third-order valence-corrected chi connectivity index (χ3v) is 11.9. The number of nitrogens with zero attached hydrogens (tertiary/aromatic N) is 2. The number of allylic oxidation sites excluding steroid dienone is 9. The van der Waals surface area contributed by atoms with Crippen LogP contribution in [0.4, 0.5) is 0 Å². The molecule has 0 radical (unpaired) electrons. The first-order valence-corrected chi connectivity index (χ1v) is 20.0. The normalized spacial score (nSPS) is 18.4. The lowest BCUT2D eigenvalue weighted by atomic mass is 9.57. The Morgan fingerprint density at radius 2 is 1.11 bits per heavy atom. The van der Waals surface area contributed by atoms with Gasteiger partial charge >= 0.3 is 0 Å². The number of fused-ring (bicyclic) bond motifs is 2. The molecular weight excluding hydrogens is 689 g/mol. The molecule has 0 N–H and O–H groups in total. The van der Waals surface area contributed by atoms with Crippen LogP contribution in [0.5, 0.6) is 0 Å². The van der Waals surface area contributed by atoms with E-state index in [4.69, 9.17) is 0 Å². The Labute approximate surface area is 335 Å². The Hall–Kier alpha value is -6.90. The first-order chi connectivity index (χ1) is 28.1. The molecule has 0 saturated heterocycles. The predicted octanol–water partition coefficient (Wildman–Crippen LogP) is 13.8. The fourth-order valence-corrected chi connectivity index (χ4v) is 9.16. The van der Waals surface area contributed by atoms with Gasteiger partial charge in [0.05, 0.1) is 11.4 Å². The van der Waals surface area contributed by atoms with Gasteiger partial charge in [0.15, 0.2) is 0 Å². The topological polar surface area (TPSA) is 25.8 Å². The summed E-state index contributed by atoms with van der Waals surface area (Å²) >= 11 is 0. The fourth-order valence-electron chi connectivity index (χ4n) is 9.16. The van der Waals surface area contributed by atoms with Gasteiger partial charge in [-0.3, -0.25) is 9.97 Å². The maximum atomic E-state index is 4.65. The molecule has 2 heteroatoms. The number of hydrogen-bond acceptors (Lipinski definition) is 2. The van der Waals surface area contributed by atoms with E-state index < -0.39 is 0 Å². The van der Waals surface area contributed by atoms with Gasteiger partial charge in [0.2, 0.25) is 0 Å². The summed E-state index contributed by atoms with van der Waals surface area (Å²) < 4.78 is 0. The molecule has 2 atom stereocenters. The summed E-state index contributed by atoms with van der Waals surface area (Å²) in [5.74, 6) is 0.0683. The van der Waals surface area contributed by atoms with Gasteiger partial charge in [-0.05, 0) is 122 Å². The maximum Gasteiger partial charge on any atom is 0.0701 e. The van der Waals surface area contributed by atoms with Gasteiger partial charge in [-0.2, -0.15) is 0 Å². The Morgan fingerprint density at radius 3 is 1.77 bits per heavy atom. The van der Waals surface area contributed by atoms with Gasteiger partial charge in [-0.25, -0.2) is 0 Å². The predicted molar refractivity (Wildman–Crippen MR) is 237 cm³/mol. The molecule has 3 aliphatic rings. The molecule has 57 heavy (non-hydrogen) atoms. The molecule has 2 unspecified atom stereocenters. The largest absolute Gasteiger partial charge is 0.256 e.